The molecule has 0 radical (unpaired) electrons. The topological polar surface area (TPSA) is 192 Å². The number of hydrogen-bond acceptors (Lipinski definition) is 11. The molecule has 5 N–H and O–H groups in total. The van der Waals surface area contributed by atoms with Crippen LogP contribution in [0.2, 0.25) is 0 Å². The number of ketones is 1. The van der Waals surface area contributed by atoms with E-state index in [1.54, 1.807) is 6.08 Å². The van der Waals surface area contributed by atoms with E-state index in [1.807, 2.05) is 6.08 Å². The van der Waals surface area contributed by atoms with E-state index in [-0.39, 0.29) is 56.6 Å². The van der Waals surface area contributed by atoms with Gasteiger partial charge in [0.05, 0.1) is 25.4 Å². The standard InChI is InChI=1S/C43H80NO11P/c1-3-5-7-8-9-10-11-12-13-14-15-16-17-18-23-27-42(48)52-34-37(35-54-56(50,51)53-32-31-44)55-43(49)28-24-20-19-22-26-38-39(41(47)33-40(38)46)30-29-36(45)25-21-6-4-2/h29-30,36-39,41,45,47H,3-28,31-35,44H2,1-2H3,(H,50,51)/b30-29+/t36-,37+,38+,39+,41+/m0/s1. The van der Waals surface area contributed by atoms with Crippen LogP contribution in [0.1, 0.15) is 187 Å². The summed E-state index contributed by atoms with van der Waals surface area (Å²) in [6.07, 6.45) is 27.1. The summed E-state index contributed by atoms with van der Waals surface area (Å²) in [6.45, 7) is 3.37. The Morgan fingerprint density at radius 1 is 0.768 bits per heavy atom. The Labute approximate surface area is 339 Å². The normalized spacial score (nSPS) is 19.3. The first-order chi connectivity index (χ1) is 27.0. The van der Waals surface area contributed by atoms with E-state index in [2.05, 4.69) is 13.8 Å². The number of Topliss-reactive ketones (excluding diaryl/α,β-unsaturated/α-hetero) is 1. The van der Waals surface area contributed by atoms with E-state index in [0.717, 1.165) is 51.4 Å². The Morgan fingerprint density at radius 2 is 1.29 bits per heavy atom. The van der Waals surface area contributed by atoms with Gasteiger partial charge in [-0.15, -0.1) is 0 Å². The number of unbranched alkanes of at least 4 members (excludes halogenated alkanes) is 19. The largest absolute Gasteiger partial charge is 0.472 e. The number of carbonyl (C=O) groups excluding carboxylic acids is 3. The van der Waals surface area contributed by atoms with E-state index in [1.165, 1.54) is 70.6 Å². The Morgan fingerprint density at radius 3 is 1.86 bits per heavy atom. The highest BCUT2D eigenvalue weighted by Gasteiger charge is 2.39. The van der Waals surface area contributed by atoms with Crippen molar-refractivity contribution in [3.8, 4) is 0 Å². The second-order valence-electron chi connectivity index (χ2n) is 15.7. The summed E-state index contributed by atoms with van der Waals surface area (Å²) in [5, 5.41) is 20.7. The van der Waals surface area contributed by atoms with Gasteiger partial charge in [0.15, 0.2) is 6.10 Å². The van der Waals surface area contributed by atoms with Crippen LogP contribution in [0.25, 0.3) is 0 Å². The third-order valence-corrected chi connectivity index (χ3v) is 11.5. The Balaban J connectivity index is 2.36. The molecule has 1 aliphatic rings. The summed E-state index contributed by atoms with van der Waals surface area (Å²) in [5.41, 5.74) is 5.34. The summed E-state index contributed by atoms with van der Waals surface area (Å²) < 4.78 is 32.8. The molecule has 0 spiro atoms. The van der Waals surface area contributed by atoms with Crippen LogP contribution < -0.4 is 5.73 Å². The monoisotopic (exact) mass is 818 g/mol. The number of nitrogens with two attached hydrogens (primary N) is 1. The van der Waals surface area contributed by atoms with Gasteiger partial charge < -0.3 is 30.3 Å². The molecule has 13 heteroatoms. The van der Waals surface area contributed by atoms with Gasteiger partial charge in [-0.1, -0.05) is 154 Å². The van der Waals surface area contributed by atoms with E-state index >= 15 is 0 Å². The molecule has 0 aromatic heterocycles. The molecule has 0 heterocycles. The molecule has 1 saturated carbocycles. The van der Waals surface area contributed by atoms with Gasteiger partial charge in [0.25, 0.3) is 0 Å². The lowest BCUT2D eigenvalue weighted by Gasteiger charge is -2.20. The summed E-state index contributed by atoms with van der Waals surface area (Å²) in [6, 6.07) is 0. The zero-order valence-electron chi connectivity index (χ0n) is 35.1. The van der Waals surface area contributed by atoms with Gasteiger partial charge in [0.1, 0.15) is 12.4 Å². The number of esters is 2. The highest BCUT2D eigenvalue weighted by molar-refractivity contribution is 7.47. The molecule has 12 nitrogen and oxygen atoms in total. The molecule has 6 atom stereocenters. The van der Waals surface area contributed by atoms with Crippen molar-refractivity contribution < 1.29 is 52.6 Å². The van der Waals surface area contributed by atoms with E-state index in [0.29, 0.717) is 32.1 Å². The number of hydrogen-bond donors (Lipinski definition) is 4. The van der Waals surface area contributed by atoms with Crippen LogP contribution in [0.3, 0.4) is 0 Å². The van der Waals surface area contributed by atoms with Gasteiger partial charge in [0.2, 0.25) is 0 Å². The van der Waals surface area contributed by atoms with Crippen LogP contribution in [-0.4, -0.2) is 77.5 Å². The van der Waals surface area contributed by atoms with Crippen molar-refractivity contribution in [1.29, 1.82) is 0 Å². The third kappa shape index (κ3) is 27.9. The van der Waals surface area contributed by atoms with Crippen molar-refractivity contribution in [2.45, 2.75) is 206 Å². The Bertz CT molecular complexity index is 1090. The minimum absolute atomic E-state index is 0.0170. The number of phosphoric acid groups is 1. The van der Waals surface area contributed by atoms with Gasteiger partial charge >= 0.3 is 19.8 Å². The molecular weight excluding hydrogens is 737 g/mol. The number of carbonyl (C=O) groups is 3. The van der Waals surface area contributed by atoms with Gasteiger partial charge in [-0.3, -0.25) is 23.4 Å². The van der Waals surface area contributed by atoms with Gasteiger partial charge in [-0.05, 0) is 25.7 Å². The highest BCUT2D eigenvalue weighted by Crippen LogP contribution is 2.43. The SMILES string of the molecule is CCCCCCCCCCCCCCCCCC(=O)OC[C@H](COP(=O)(O)OCCN)OC(=O)CCCCCC[C@H]1C(=O)C[C@@H](O)[C@@H]1/C=C/[C@@H](O)CCCCC. The lowest BCUT2D eigenvalue weighted by molar-refractivity contribution is -0.161. The third-order valence-electron chi connectivity index (χ3n) is 10.5. The average Bonchev–Trinajstić information content (AvgIpc) is 3.44. The van der Waals surface area contributed by atoms with Crippen molar-refractivity contribution in [3.63, 3.8) is 0 Å². The molecule has 0 aromatic carbocycles. The molecule has 0 aromatic rings. The van der Waals surface area contributed by atoms with Crippen LogP contribution in [0.5, 0.6) is 0 Å². The Kier molecular flexibility index (Phi) is 32.0. The maximum Gasteiger partial charge on any atom is 0.472 e. The summed E-state index contributed by atoms with van der Waals surface area (Å²) in [5.74, 6) is -1.52. The second kappa shape index (κ2) is 34.2. The minimum Gasteiger partial charge on any atom is -0.462 e. The zero-order valence-corrected chi connectivity index (χ0v) is 36.0. The number of phosphoric ester groups is 1. The van der Waals surface area contributed by atoms with Crippen LogP contribution in [-0.2, 0) is 37.5 Å². The second-order valence-corrected chi connectivity index (χ2v) is 17.2. The number of aliphatic hydroxyl groups is 2. The summed E-state index contributed by atoms with van der Waals surface area (Å²) >= 11 is 0. The molecule has 0 saturated heterocycles. The van der Waals surface area contributed by atoms with Crippen molar-refractivity contribution in [2.24, 2.45) is 17.6 Å². The first-order valence-corrected chi connectivity index (χ1v) is 23.8. The average molecular weight is 818 g/mol. The van der Waals surface area contributed by atoms with Gasteiger partial charge in [-0.25, -0.2) is 4.57 Å². The lowest BCUT2D eigenvalue weighted by atomic mass is 9.88. The molecule has 1 unspecified atom stereocenters. The van der Waals surface area contributed by atoms with Crippen LogP contribution >= 0.6 is 7.82 Å². The molecule has 0 bridgehead atoms. The zero-order chi connectivity index (χ0) is 41.3. The smallest absolute Gasteiger partial charge is 0.462 e. The first-order valence-electron chi connectivity index (χ1n) is 22.3. The predicted octanol–water partition coefficient (Wildman–Crippen LogP) is 9.20. The van der Waals surface area contributed by atoms with E-state index < -0.39 is 44.7 Å². The predicted molar refractivity (Wildman–Crippen MR) is 221 cm³/mol. The first kappa shape index (κ1) is 52.4. The molecule has 328 valence electrons. The van der Waals surface area contributed by atoms with Crippen LogP contribution in [0.15, 0.2) is 12.2 Å². The molecule has 0 aliphatic heterocycles. The minimum atomic E-state index is -4.44. The fraction of sp³-hybridized carbons (Fsp3) is 0.884. The fourth-order valence-corrected chi connectivity index (χ4v) is 7.94. The molecule has 56 heavy (non-hydrogen) atoms. The van der Waals surface area contributed by atoms with Crippen molar-refractivity contribution in [2.75, 3.05) is 26.4 Å². The molecule has 1 rings (SSSR count). The molecule has 1 aliphatic carbocycles. The number of aliphatic hydroxyl groups excluding tert-OH is 2. The van der Waals surface area contributed by atoms with Crippen LogP contribution in [0, 0.1) is 11.8 Å². The lowest BCUT2D eigenvalue weighted by Crippen LogP contribution is -2.29. The van der Waals surface area contributed by atoms with Crippen LogP contribution in [0.4, 0.5) is 0 Å². The quantitative estimate of drug-likeness (QED) is 0.0200. The van der Waals surface area contributed by atoms with Crippen molar-refractivity contribution >= 4 is 25.5 Å². The summed E-state index contributed by atoms with van der Waals surface area (Å²) in [7, 11) is -4.44. The van der Waals surface area contributed by atoms with Crippen molar-refractivity contribution in [1.82, 2.24) is 0 Å². The van der Waals surface area contributed by atoms with Crippen molar-refractivity contribution in [3.05, 3.63) is 12.2 Å². The van der Waals surface area contributed by atoms with E-state index in [9.17, 15) is 34.1 Å². The number of rotatable bonds is 38. The maximum atomic E-state index is 12.7. The summed E-state index contributed by atoms with van der Waals surface area (Å²) in [4.78, 5) is 47.6. The maximum absolute atomic E-state index is 12.7. The number of ether oxygens (including phenoxy) is 2. The molecule has 0 amide bonds. The fourth-order valence-electron chi connectivity index (χ4n) is 7.18. The highest BCUT2D eigenvalue weighted by atomic mass is 31.2. The molecule has 1 fully saturated rings. The van der Waals surface area contributed by atoms with Gasteiger partial charge in [0, 0.05) is 37.6 Å². The van der Waals surface area contributed by atoms with Gasteiger partial charge in [-0.2, -0.15) is 0 Å². The molecular formula is C43H80NO11P. The van der Waals surface area contributed by atoms with E-state index in [4.69, 9.17) is 24.3 Å². The Hall–Kier alpha value is -1.66.